The molecule has 128 valence electrons. The van der Waals surface area contributed by atoms with E-state index in [-0.39, 0.29) is 17.7 Å². The van der Waals surface area contributed by atoms with Crippen molar-refractivity contribution >= 4 is 40.3 Å². The van der Waals surface area contributed by atoms with Crippen LogP contribution in [0.3, 0.4) is 0 Å². The van der Waals surface area contributed by atoms with Gasteiger partial charge >= 0.3 is 0 Å². The maximum atomic E-state index is 12.8. The summed E-state index contributed by atoms with van der Waals surface area (Å²) >= 11 is 6.70. The molecule has 2 aromatic rings. The Balaban J connectivity index is 1.88. The zero-order chi connectivity index (χ0) is 18.0. The Kier molecular flexibility index (Phi) is 5.11. The van der Waals surface area contributed by atoms with E-state index in [9.17, 15) is 9.90 Å². The van der Waals surface area contributed by atoms with Crippen LogP contribution in [0.5, 0.6) is 11.5 Å². The first-order chi connectivity index (χ1) is 12.0. The van der Waals surface area contributed by atoms with Crippen LogP contribution in [-0.4, -0.2) is 27.3 Å². The van der Waals surface area contributed by atoms with Crippen molar-refractivity contribution in [1.82, 2.24) is 4.90 Å². The molecule has 1 aliphatic heterocycles. The molecule has 1 fully saturated rings. The molecular formula is C19H17NO3S2. The van der Waals surface area contributed by atoms with Crippen LogP contribution in [0.1, 0.15) is 24.1 Å². The first-order valence-electron chi connectivity index (χ1n) is 7.70. The summed E-state index contributed by atoms with van der Waals surface area (Å²) in [7, 11) is 1.49. The quantitative estimate of drug-likeness (QED) is 0.639. The van der Waals surface area contributed by atoms with E-state index in [1.165, 1.54) is 24.9 Å². The minimum atomic E-state index is -0.131. The predicted molar refractivity (Wildman–Crippen MR) is 105 cm³/mol. The predicted octanol–water partition coefficient (Wildman–Crippen LogP) is 4.36. The number of phenolic OH excluding ortho intramolecular Hbond substituents is 1. The van der Waals surface area contributed by atoms with Crippen molar-refractivity contribution in [3.05, 3.63) is 64.6 Å². The molecule has 1 amide bonds. The van der Waals surface area contributed by atoms with Crippen LogP contribution in [0.4, 0.5) is 0 Å². The van der Waals surface area contributed by atoms with E-state index >= 15 is 0 Å². The molecule has 6 heteroatoms. The third kappa shape index (κ3) is 3.55. The molecule has 3 rings (SSSR count). The van der Waals surface area contributed by atoms with E-state index in [0.29, 0.717) is 15.0 Å². The highest BCUT2D eigenvalue weighted by Crippen LogP contribution is 2.38. The van der Waals surface area contributed by atoms with Gasteiger partial charge in [0.2, 0.25) is 0 Å². The van der Waals surface area contributed by atoms with Gasteiger partial charge in [-0.1, -0.05) is 60.4 Å². The zero-order valence-electron chi connectivity index (χ0n) is 13.8. The molecule has 0 radical (unpaired) electrons. The topological polar surface area (TPSA) is 49.8 Å². The van der Waals surface area contributed by atoms with Crippen molar-refractivity contribution in [2.75, 3.05) is 7.11 Å². The summed E-state index contributed by atoms with van der Waals surface area (Å²) in [4.78, 5) is 15.0. The first kappa shape index (κ1) is 17.5. The Morgan fingerprint density at radius 2 is 1.96 bits per heavy atom. The molecule has 0 saturated carbocycles. The molecule has 1 atom stereocenters. The molecule has 0 spiro atoms. The minimum Gasteiger partial charge on any atom is -0.504 e. The number of benzene rings is 2. The summed E-state index contributed by atoms with van der Waals surface area (Å²) < 4.78 is 5.65. The summed E-state index contributed by atoms with van der Waals surface area (Å²) in [5, 5.41) is 9.68. The average Bonchev–Trinajstić information content (AvgIpc) is 2.90. The van der Waals surface area contributed by atoms with Crippen LogP contribution < -0.4 is 4.74 Å². The number of rotatable bonds is 4. The Bertz CT molecular complexity index is 849. The van der Waals surface area contributed by atoms with Crippen LogP contribution in [0.25, 0.3) is 6.08 Å². The average molecular weight is 371 g/mol. The summed E-state index contributed by atoms with van der Waals surface area (Å²) in [5.74, 6) is 0.310. The SMILES string of the molecule is COc1cc(/C=C2\SC(=S)N([C@@H](C)c3ccccc3)C2=O)ccc1O. The molecular weight excluding hydrogens is 354 g/mol. The minimum absolute atomic E-state index is 0.0601. The first-order valence-corrected chi connectivity index (χ1v) is 8.92. The number of ether oxygens (including phenoxy) is 1. The lowest BCUT2D eigenvalue weighted by atomic mass is 10.1. The molecule has 1 heterocycles. The molecule has 2 aromatic carbocycles. The fraction of sp³-hybridized carbons (Fsp3) is 0.158. The van der Waals surface area contributed by atoms with Crippen LogP contribution in [0, 0.1) is 0 Å². The molecule has 0 aliphatic carbocycles. The van der Waals surface area contributed by atoms with Crippen LogP contribution in [0.15, 0.2) is 53.4 Å². The lowest BCUT2D eigenvalue weighted by Crippen LogP contribution is -2.30. The van der Waals surface area contributed by atoms with Gasteiger partial charge in [0.05, 0.1) is 18.1 Å². The van der Waals surface area contributed by atoms with Crippen molar-refractivity contribution in [2.24, 2.45) is 0 Å². The highest BCUT2D eigenvalue weighted by Gasteiger charge is 2.35. The van der Waals surface area contributed by atoms with E-state index in [4.69, 9.17) is 17.0 Å². The molecule has 1 N–H and O–H groups in total. The largest absolute Gasteiger partial charge is 0.504 e. The Hall–Kier alpha value is -2.31. The molecule has 0 bridgehead atoms. The number of phenols is 1. The lowest BCUT2D eigenvalue weighted by Gasteiger charge is -2.23. The van der Waals surface area contributed by atoms with Crippen molar-refractivity contribution in [3.63, 3.8) is 0 Å². The highest BCUT2D eigenvalue weighted by molar-refractivity contribution is 8.26. The Labute approximate surface area is 156 Å². The van der Waals surface area contributed by atoms with E-state index < -0.39 is 0 Å². The van der Waals surface area contributed by atoms with Gasteiger partial charge in [-0.2, -0.15) is 0 Å². The second-order valence-electron chi connectivity index (χ2n) is 5.57. The van der Waals surface area contributed by atoms with Gasteiger partial charge in [0.25, 0.3) is 5.91 Å². The second kappa shape index (κ2) is 7.29. The smallest absolute Gasteiger partial charge is 0.266 e. The number of thiocarbonyl (C=S) groups is 1. The van der Waals surface area contributed by atoms with Gasteiger partial charge in [0.15, 0.2) is 11.5 Å². The van der Waals surface area contributed by atoms with Gasteiger partial charge < -0.3 is 9.84 Å². The van der Waals surface area contributed by atoms with Crippen molar-refractivity contribution in [1.29, 1.82) is 0 Å². The van der Waals surface area contributed by atoms with Gasteiger partial charge in [-0.05, 0) is 36.3 Å². The number of hydrogen-bond donors (Lipinski definition) is 1. The second-order valence-corrected chi connectivity index (χ2v) is 7.25. The van der Waals surface area contributed by atoms with Gasteiger partial charge in [-0.3, -0.25) is 9.69 Å². The summed E-state index contributed by atoms with van der Waals surface area (Å²) in [6.07, 6.45) is 1.76. The fourth-order valence-corrected chi connectivity index (χ4v) is 4.05. The van der Waals surface area contributed by atoms with Crippen molar-refractivity contribution in [2.45, 2.75) is 13.0 Å². The maximum absolute atomic E-state index is 12.8. The lowest BCUT2D eigenvalue weighted by molar-refractivity contribution is -0.123. The highest BCUT2D eigenvalue weighted by atomic mass is 32.2. The monoisotopic (exact) mass is 371 g/mol. The number of carbonyl (C=O) groups excluding carboxylic acids is 1. The Morgan fingerprint density at radius 1 is 1.24 bits per heavy atom. The number of aromatic hydroxyl groups is 1. The van der Waals surface area contributed by atoms with Crippen LogP contribution in [0.2, 0.25) is 0 Å². The van der Waals surface area contributed by atoms with E-state index in [2.05, 4.69) is 0 Å². The van der Waals surface area contributed by atoms with Crippen LogP contribution >= 0.6 is 24.0 Å². The van der Waals surface area contributed by atoms with Crippen molar-refractivity contribution < 1.29 is 14.6 Å². The van der Waals surface area contributed by atoms with Gasteiger partial charge in [-0.25, -0.2) is 0 Å². The summed E-state index contributed by atoms with van der Waals surface area (Å²) in [6.45, 7) is 1.96. The normalized spacial score (nSPS) is 17.2. The van der Waals surface area contributed by atoms with E-state index in [1.807, 2.05) is 37.3 Å². The van der Waals surface area contributed by atoms with E-state index in [0.717, 1.165) is 11.1 Å². The number of nitrogens with zero attached hydrogens (tertiary/aromatic N) is 1. The summed E-state index contributed by atoms with van der Waals surface area (Å²) in [6, 6.07) is 14.6. The standard InChI is InChI=1S/C19H17NO3S2/c1-12(14-6-4-3-5-7-14)20-18(22)17(25-19(20)24)11-13-8-9-15(21)16(10-13)23-2/h3-12,21H,1-2H3/b17-11-/t12-/m0/s1. The molecule has 25 heavy (non-hydrogen) atoms. The molecule has 0 aromatic heterocycles. The number of amides is 1. The third-order valence-electron chi connectivity index (χ3n) is 3.99. The fourth-order valence-electron chi connectivity index (χ4n) is 2.63. The molecule has 0 unspecified atom stereocenters. The number of thioether (sulfide) groups is 1. The summed E-state index contributed by atoms with van der Waals surface area (Å²) in [5.41, 5.74) is 1.80. The van der Waals surface area contributed by atoms with Crippen molar-refractivity contribution in [3.8, 4) is 11.5 Å². The van der Waals surface area contributed by atoms with Gasteiger partial charge in [0.1, 0.15) is 4.32 Å². The maximum Gasteiger partial charge on any atom is 0.266 e. The number of methoxy groups -OCH3 is 1. The Morgan fingerprint density at radius 3 is 2.64 bits per heavy atom. The zero-order valence-corrected chi connectivity index (χ0v) is 15.4. The number of carbonyl (C=O) groups is 1. The van der Waals surface area contributed by atoms with Gasteiger partial charge in [-0.15, -0.1) is 0 Å². The molecule has 1 saturated heterocycles. The molecule has 1 aliphatic rings. The van der Waals surface area contributed by atoms with Crippen LogP contribution in [-0.2, 0) is 4.79 Å². The molecule has 4 nitrogen and oxygen atoms in total. The van der Waals surface area contributed by atoms with Gasteiger partial charge in [0, 0.05) is 0 Å². The number of hydrogen-bond acceptors (Lipinski definition) is 5. The third-order valence-corrected chi connectivity index (χ3v) is 5.32. The van der Waals surface area contributed by atoms with E-state index in [1.54, 1.807) is 23.1 Å².